The molecule has 0 radical (unpaired) electrons. The van der Waals surface area contributed by atoms with Gasteiger partial charge in [0, 0.05) is 13.2 Å². The van der Waals surface area contributed by atoms with E-state index in [9.17, 15) is 0 Å². The molecule has 0 saturated heterocycles. The average Bonchev–Trinajstić information content (AvgIpc) is 2.34. The normalized spacial score (nSPS) is 13.5. The molecule has 1 heterocycles. The maximum absolute atomic E-state index is 8.62. The Morgan fingerprint density at radius 1 is 1.90 bits per heavy atom. The van der Waals surface area contributed by atoms with Crippen LogP contribution in [0.3, 0.4) is 0 Å². The number of aliphatic hydroxyl groups excluding tert-OH is 1. The Bertz CT molecular complexity index is 209. The molecule has 0 aliphatic carbocycles. The number of hydrogen-bond donors (Lipinski definition) is 2. The zero-order chi connectivity index (χ0) is 7.56. The van der Waals surface area contributed by atoms with E-state index in [1.165, 1.54) is 0 Å². The van der Waals surface area contributed by atoms with Crippen LogP contribution in [0.4, 0.5) is 0 Å². The number of nitrogens with two attached hydrogens (primary N) is 1. The van der Waals surface area contributed by atoms with Gasteiger partial charge in [-0.2, -0.15) is 5.10 Å². The van der Waals surface area contributed by atoms with Gasteiger partial charge in [-0.05, 0) is 6.07 Å². The largest absolute Gasteiger partial charge is 0.394 e. The summed E-state index contributed by atoms with van der Waals surface area (Å²) in [7, 11) is 1.81. The highest BCUT2D eigenvalue weighted by molar-refractivity contribution is 5.03. The smallest absolute Gasteiger partial charge is 0.0815 e. The number of aliphatic hydroxyl groups is 1. The van der Waals surface area contributed by atoms with Crippen LogP contribution in [0.5, 0.6) is 0 Å². The predicted molar refractivity (Wildman–Crippen MR) is 37.2 cm³/mol. The van der Waals surface area contributed by atoms with Crippen molar-refractivity contribution in [3.63, 3.8) is 0 Å². The van der Waals surface area contributed by atoms with E-state index in [0.717, 1.165) is 5.69 Å². The molecular formula is C6H11N3O. The van der Waals surface area contributed by atoms with E-state index in [2.05, 4.69) is 5.10 Å². The molecule has 0 spiro atoms. The Hall–Kier alpha value is -0.870. The molecule has 0 aliphatic rings. The highest BCUT2D eigenvalue weighted by atomic mass is 16.3. The second kappa shape index (κ2) is 2.81. The molecule has 0 amide bonds. The molecule has 0 bridgehead atoms. The summed E-state index contributed by atoms with van der Waals surface area (Å²) in [6.07, 6.45) is 1.80. The SMILES string of the molecule is Cn1ccc(C(N)CO)n1. The van der Waals surface area contributed by atoms with Crippen LogP contribution < -0.4 is 5.73 Å². The van der Waals surface area contributed by atoms with E-state index in [1.54, 1.807) is 16.9 Å². The molecule has 4 nitrogen and oxygen atoms in total. The van der Waals surface area contributed by atoms with Crippen LogP contribution in [0.15, 0.2) is 12.3 Å². The summed E-state index contributed by atoms with van der Waals surface area (Å²) in [5.41, 5.74) is 6.21. The van der Waals surface area contributed by atoms with Gasteiger partial charge in [0.2, 0.25) is 0 Å². The molecular weight excluding hydrogens is 130 g/mol. The second-order valence-electron chi connectivity index (χ2n) is 2.20. The maximum atomic E-state index is 8.62. The van der Waals surface area contributed by atoms with Crippen LogP contribution in [-0.2, 0) is 7.05 Å². The zero-order valence-electron chi connectivity index (χ0n) is 5.86. The Morgan fingerprint density at radius 3 is 3.00 bits per heavy atom. The van der Waals surface area contributed by atoms with Crippen molar-refractivity contribution in [3.8, 4) is 0 Å². The molecule has 0 aromatic carbocycles. The first-order valence-corrected chi connectivity index (χ1v) is 3.10. The van der Waals surface area contributed by atoms with Crippen molar-refractivity contribution in [3.05, 3.63) is 18.0 Å². The van der Waals surface area contributed by atoms with Gasteiger partial charge >= 0.3 is 0 Å². The summed E-state index contributed by atoms with van der Waals surface area (Å²) in [5.74, 6) is 0. The molecule has 3 N–H and O–H groups in total. The van der Waals surface area contributed by atoms with Crippen LogP contribution in [0.2, 0.25) is 0 Å². The van der Waals surface area contributed by atoms with E-state index in [0.29, 0.717) is 0 Å². The van der Waals surface area contributed by atoms with Crippen molar-refractivity contribution in [2.75, 3.05) is 6.61 Å². The Balaban J connectivity index is 2.74. The van der Waals surface area contributed by atoms with Crippen molar-refractivity contribution in [2.24, 2.45) is 12.8 Å². The molecule has 56 valence electrons. The number of aryl methyl sites for hydroxylation is 1. The monoisotopic (exact) mass is 141 g/mol. The van der Waals surface area contributed by atoms with Crippen LogP contribution in [0.1, 0.15) is 11.7 Å². The number of hydrogen-bond acceptors (Lipinski definition) is 3. The van der Waals surface area contributed by atoms with Gasteiger partial charge < -0.3 is 10.8 Å². The summed E-state index contributed by atoms with van der Waals surface area (Å²) >= 11 is 0. The minimum absolute atomic E-state index is 0.0585. The topological polar surface area (TPSA) is 64.1 Å². The fourth-order valence-electron chi connectivity index (χ4n) is 0.724. The lowest BCUT2D eigenvalue weighted by molar-refractivity contribution is 0.265. The number of rotatable bonds is 2. The van der Waals surface area contributed by atoms with Gasteiger partial charge in [-0.25, -0.2) is 0 Å². The van der Waals surface area contributed by atoms with E-state index < -0.39 is 0 Å². The van der Waals surface area contributed by atoms with Crippen LogP contribution >= 0.6 is 0 Å². The lowest BCUT2D eigenvalue weighted by atomic mass is 10.2. The molecule has 0 saturated carbocycles. The van der Waals surface area contributed by atoms with Crippen LogP contribution in [-0.4, -0.2) is 21.5 Å². The van der Waals surface area contributed by atoms with Crippen molar-refractivity contribution in [2.45, 2.75) is 6.04 Å². The molecule has 10 heavy (non-hydrogen) atoms. The van der Waals surface area contributed by atoms with Crippen molar-refractivity contribution >= 4 is 0 Å². The molecule has 1 aromatic rings. The van der Waals surface area contributed by atoms with E-state index >= 15 is 0 Å². The van der Waals surface area contributed by atoms with E-state index in [1.807, 2.05) is 7.05 Å². The van der Waals surface area contributed by atoms with E-state index in [4.69, 9.17) is 10.8 Å². The highest BCUT2D eigenvalue weighted by Crippen LogP contribution is 2.03. The van der Waals surface area contributed by atoms with Gasteiger partial charge in [0.1, 0.15) is 0 Å². The molecule has 0 fully saturated rings. The van der Waals surface area contributed by atoms with Gasteiger partial charge in [-0.3, -0.25) is 4.68 Å². The van der Waals surface area contributed by atoms with Gasteiger partial charge in [0.25, 0.3) is 0 Å². The molecule has 1 atom stereocenters. The molecule has 1 rings (SSSR count). The Labute approximate surface area is 59.3 Å². The fraction of sp³-hybridized carbons (Fsp3) is 0.500. The average molecular weight is 141 g/mol. The lowest BCUT2D eigenvalue weighted by Gasteiger charge is -2.01. The maximum Gasteiger partial charge on any atom is 0.0815 e. The third kappa shape index (κ3) is 1.34. The van der Waals surface area contributed by atoms with Gasteiger partial charge in [0.15, 0.2) is 0 Å². The molecule has 1 unspecified atom stereocenters. The molecule has 4 heteroatoms. The summed E-state index contributed by atoms with van der Waals surface area (Å²) < 4.78 is 1.66. The number of nitrogens with zero attached hydrogens (tertiary/aromatic N) is 2. The van der Waals surface area contributed by atoms with Crippen molar-refractivity contribution < 1.29 is 5.11 Å². The Kier molecular flexibility index (Phi) is 2.03. The summed E-state index contributed by atoms with van der Waals surface area (Å²) in [6.45, 7) is -0.0585. The third-order valence-corrected chi connectivity index (χ3v) is 1.31. The quantitative estimate of drug-likeness (QED) is 0.578. The first kappa shape index (κ1) is 7.24. The fourth-order valence-corrected chi connectivity index (χ4v) is 0.724. The first-order valence-electron chi connectivity index (χ1n) is 3.10. The second-order valence-corrected chi connectivity index (χ2v) is 2.20. The Morgan fingerprint density at radius 2 is 2.60 bits per heavy atom. The standard InChI is InChI=1S/C6H11N3O/c1-9-3-2-6(8-9)5(7)4-10/h2-3,5,10H,4,7H2,1H3. The first-order chi connectivity index (χ1) is 4.74. The summed E-state index contributed by atoms with van der Waals surface area (Å²) in [4.78, 5) is 0. The third-order valence-electron chi connectivity index (χ3n) is 1.31. The number of aromatic nitrogens is 2. The van der Waals surface area contributed by atoms with Crippen LogP contribution in [0, 0.1) is 0 Å². The van der Waals surface area contributed by atoms with Gasteiger partial charge in [-0.15, -0.1) is 0 Å². The molecule has 0 aliphatic heterocycles. The van der Waals surface area contributed by atoms with Gasteiger partial charge in [0.05, 0.1) is 18.3 Å². The van der Waals surface area contributed by atoms with Crippen molar-refractivity contribution in [1.29, 1.82) is 0 Å². The van der Waals surface area contributed by atoms with Crippen LogP contribution in [0.25, 0.3) is 0 Å². The highest BCUT2D eigenvalue weighted by Gasteiger charge is 2.05. The summed E-state index contributed by atoms with van der Waals surface area (Å²) in [5, 5.41) is 12.6. The summed E-state index contributed by atoms with van der Waals surface area (Å²) in [6, 6.07) is 1.45. The molecule has 1 aromatic heterocycles. The van der Waals surface area contributed by atoms with E-state index in [-0.39, 0.29) is 12.6 Å². The zero-order valence-corrected chi connectivity index (χ0v) is 5.86. The van der Waals surface area contributed by atoms with Crippen molar-refractivity contribution in [1.82, 2.24) is 9.78 Å². The minimum atomic E-state index is -0.346. The lowest BCUT2D eigenvalue weighted by Crippen LogP contribution is -2.15. The minimum Gasteiger partial charge on any atom is -0.394 e. The predicted octanol–water partition coefficient (Wildman–Crippen LogP) is -0.588. The van der Waals surface area contributed by atoms with Gasteiger partial charge in [-0.1, -0.05) is 0 Å².